The van der Waals surface area contributed by atoms with E-state index >= 15 is 0 Å². The summed E-state index contributed by atoms with van der Waals surface area (Å²) in [6.45, 7) is 18.3. The Hall–Kier alpha value is -6.53. The molecule has 15 nitrogen and oxygen atoms in total. The minimum atomic E-state index is -4.41. The van der Waals surface area contributed by atoms with Gasteiger partial charge in [-0.15, -0.1) is 0 Å². The third kappa shape index (κ3) is 8.95. The van der Waals surface area contributed by atoms with Crippen LogP contribution in [0.5, 0.6) is 0 Å². The van der Waals surface area contributed by atoms with Crippen LogP contribution in [0.2, 0.25) is 0 Å². The number of benzene rings is 1. The number of nitrogens with one attached hydrogen (secondary N) is 2. The van der Waals surface area contributed by atoms with Crippen molar-refractivity contribution in [3.05, 3.63) is 112 Å². The van der Waals surface area contributed by atoms with Crippen molar-refractivity contribution in [1.82, 2.24) is 29.0 Å². The van der Waals surface area contributed by atoms with Crippen LogP contribution in [-0.2, 0) is 43.3 Å². The number of fused-ring (bicyclic) bond motifs is 3. The first-order chi connectivity index (χ1) is 33.2. The van der Waals surface area contributed by atoms with Crippen LogP contribution in [0, 0.1) is 5.41 Å². The molecule has 2 fully saturated rings. The highest BCUT2D eigenvalue weighted by atomic mass is 19.4. The fourth-order valence-electron chi connectivity index (χ4n) is 10.9. The predicted molar refractivity (Wildman–Crippen MR) is 266 cm³/mol. The quantitative estimate of drug-likeness (QED) is 0.112. The lowest BCUT2D eigenvalue weighted by molar-refractivity contribution is -0.181. The number of aliphatic hydroxyl groups is 1. The van der Waals surface area contributed by atoms with Gasteiger partial charge in [-0.25, -0.2) is 9.97 Å². The molecule has 1 unspecified atom stereocenters. The van der Waals surface area contributed by atoms with Crippen molar-refractivity contribution in [3.8, 4) is 11.3 Å². The second kappa shape index (κ2) is 18.3. The fourth-order valence-corrected chi connectivity index (χ4v) is 10.9. The molecule has 4 aliphatic rings. The number of piperazine rings is 1. The van der Waals surface area contributed by atoms with Crippen LogP contribution in [0.15, 0.2) is 78.5 Å². The van der Waals surface area contributed by atoms with Crippen LogP contribution in [0.25, 0.3) is 11.3 Å². The lowest BCUT2D eigenvalue weighted by Gasteiger charge is -2.48. The van der Waals surface area contributed by atoms with Crippen molar-refractivity contribution in [2.24, 2.45) is 12.5 Å². The second-order valence-corrected chi connectivity index (χ2v) is 20.7. The summed E-state index contributed by atoms with van der Waals surface area (Å²) in [5.41, 5.74) is 4.69. The second-order valence-electron chi connectivity index (χ2n) is 20.7. The number of hydrogen-bond donors (Lipinski definition) is 3. The zero-order valence-corrected chi connectivity index (χ0v) is 40.9. The fraction of sp³-hybridized carbons (Fsp3) is 0.462. The number of carbonyl (C=O) groups excluding carboxylic acids is 2. The van der Waals surface area contributed by atoms with E-state index in [1.165, 1.54) is 28.0 Å². The summed E-state index contributed by atoms with van der Waals surface area (Å²) in [4.78, 5) is 62.8. The molecule has 70 heavy (non-hydrogen) atoms. The number of rotatable bonds is 11. The Labute approximate surface area is 406 Å². The number of nitrogens with zero attached hydrogens (tertiary/aromatic N) is 9. The molecule has 18 heteroatoms. The molecule has 370 valence electrons. The summed E-state index contributed by atoms with van der Waals surface area (Å²) in [7, 11) is 1.62. The number of carbonyl (C=O) groups is 2. The minimum Gasteiger partial charge on any atom is -0.392 e. The molecule has 2 amide bonds. The van der Waals surface area contributed by atoms with Crippen LogP contribution >= 0.6 is 0 Å². The Morgan fingerprint density at radius 3 is 2.44 bits per heavy atom. The summed E-state index contributed by atoms with van der Waals surface area (Å²) in [5.74, 6) is -0.220. The molecule has 0 radical (unpaired) electrons. The van der Waals surface area contributed by atoms with E-state index < -0.39 is 29.7 Å². The molecule has 3 N–H and O–H groups in total. The monoisotopic (exact) mass is 961 g/mol. The van der Waals surface area contributed by atoms with E-state index in [1.807, 2.05) is 18.2 Å². The number of alkyl halides is 3. The molecule has 7 heterocycles. The average molecular weight is 962 g/mol. The number of anilines is 6. The van der Waals surface area contributed by atoms with Gasteiger partial charge in [0.2, 0.25) is 5.91 Å². The van der Waals surface area contributed by atoms with E-state index in [4.69, 9.17) is 4.98 Å². The molecule has 1 aliphatic carbocycles. The maximum absolute atomic E-state index is 14.1. The Bertz CT molecular complexity index is 2910. The number of aromatic nitrogens is 5. The first-order valence-electron chi connectivity index (χ1n) is 24.0. The molecule has 0 spiro atoms. The third-order valence-electron chi connectivity index (χ3n) is 14.9. The van der Waals surface area contributed by atoms with E-state index in [-0.39, 0.29) is 34.9 Å². The molecular formula is C52H62F3N11O4. The number of hydrogen-bond acceptors (Lipinski definition) is 11. The van der Waals surface area contributed by atoms with E-state index in [0.717, 1.165) is 70.5 Å². The van der Waals surface area contributed by atoms with Crippen molar-refractivity contribution >= 4 is 46.2 Å². The molecule has 5 aromatic rings. The highest BCUT2D eigenvalue weighted by Crippen LogP contribution is 2.42. The lowest BCUT2D eigenvalue weighted by Crippen LogP contribution is -2.58. The van der Waals surface area contributed by atoms with Gasteiger partial charge in [0, 0.05) is 99.3 Å². The van der Waals surface area contributed by atoms with Crippen LogP contribution in [0.1, 0.15) is 87.4 Å². The molecule has 4 aromatic heterocycles. The van der Waals surface area contributed by atoms with Gasteiger partial charge in [-0.1, -0.05) is 20.4 Å². The standard InChI is InChI=1S/C52H62F3N11O4/c1-9-45(68)59-39-24-34(10-12-41(39)64-19-18-62(28-32(64)3)35-15-17-63(31(2)22-35)36-11-13-44(57-27-36)51(6,7)52(53,54)55)58-46-49(70)61(8)29-40(60-46)37-14-16-56-47(38(37)30-67)66-21-20-65-42(48(66)69)23-33-25-50(4,5)26-43(33)65/h9-14,16,23-24,27,29,31-32,35,67H,1,15,17-22,25-26,28,30H2,2-8H3,(H,58,60)(H,59,68)/t31-,32+,35?/m1/s1. The Kier molecular flexibility index (Phi) is 12.7. The topological polar surface area (TPSA) is 157 Å². The number of aryl methyl sites for hydroxylation is 1. The van der Waals surface area contributed by atoms with E-state index in [1.54, 1.807) is 48.7 Å². The third-order valence-corrected chi connectivity index (χ3v) is 14.9. The summed E-state index contributed by atoms with van der Waals surface area (Å²) in [6.07, 6.45) is 5.13. The lowest BCUT2D eigenvalue weighted by atomic mass is 9.88. The van der Waals surface area contributed by atoms with Gasteiger partial charge in [0.25, 0.3) is 11.5 Å². The number of amides is 2. The number of pyridine rings is 2. The highest BCUT2D eigenvalue weighted by molar-refractivity contribution is 6.06. The minimum absolute atomic E-state index is 0.00459. The number of piperidine rings is 1. The van der Waals surface area contributed by atoms with E-state index in [9.17, 15) is 32.7 Å². The van der Waals surface area contributed by atoms with Crippen molar-refractivity contribution in [1.29, 1.82) is 0 Å². The van der Waals surface area contributed by atoms with Crippen molar-refractivity contribution in [2.75, 3.05) is 58.1 Å². The van der Waals surface area contributed by atoms with Gasteiger partial charge in [-0.2, -0.15) is 13.2 Å². The van der Waals surface area contributed by atoms with E-state index in [2.05, 4.69) is 74.1 Å². The van der Waals surface area contributed by atoms with Crippen LogP contribution in [0.4, 0.5) is 47.6 Å². The van der Waals surface area contributed by atoms with Gasteiger partial charge in [-0.3, -0.25) is 29.2 Å². The summed E-state index contributed by atoms with van der Waals surface area (Å²) in [6, 6.07) is 13.0. The first-order valence-corrected chi connectivity index (χ1v) is 24.0. The molecule has 1 aromatic carbocycles. The van der Waals surface area contributed by atoms with Crippen LogP contribution in [-0.4, -0.2) is 103 Å². The van der Waals surface area contributed by atoms with Crippen molar-refractivity contribution in [3.63, 3.8) is 0 Å². The number of halogens is 3. The maximum Gasteiger partial charge on any atom is 0.399 e. The molecular weight excluding hydrogens is 900 g/mol. The molecule has 3 aliphatic heterocycles. The first kappa shape index (κ1) is 48.5. The highest BCUT2D eigenvalue weighted by Gasteiger charge is 2.49. The summed E-state index contributed by atoms with van der Waals surface area (Å²) < 4.78 is 44.6. The number of aliphatic hydroxyl groups excluding tert-OH is 1. The average Bonchev–Trinajstić information content (AvgIpc) is 3.82. The van der Waals surface area contributed by atoms with Gasteiger partial charge in [0.05, 0.1) is 41.3 Å². The van der Waals surface area contributed by atoms with Crippen LogP contribution < -0.4 is 30.9 Å². The van der Waals surface area contributed by atoms with Crippen molar-refractivity contribution in [2.45, 2.75) is 110 Å². The van der Waals surface area contributed by atoms with Gasteiger partial charge in [0.15, 0.2) is 5.82 Å². The molecule has 9 rings (SSSR count). The van der Waals surface area contributed by atoms with Gasteiger partial charge in [-0.05, 0) is 113 Å². The Balaban J connectivity index is 0.905. The molecule has 0 saturated carbocycles. The molecule has 3 atom stereocenters. The normalized spacial score (nSPS) is 20.6. The smallest absolute Gasteiger partial charge is 0.392 e. The predicted octanol–water partition coefficient (Wildman–Crippen LogP) is 7.59. The zero-order chi connectivity index (χ0) is 50.0. The van der Waals surface area contributed by atoms with Gasteiger partial charge < -0.3 is 34.7 Å². The summed E-state index contributed by atoms with van der Waals surface area (Å²) >= 11 is 0. The summed E-state index contributed by atoms with van der Waals surface area (Å²) in [5, 5.41) is 17.0. The zero-order valence-electron chi connectivity index (χ0n) is 40.9. The molecule has 2 saturated heterocycles. The van der Waals surface area contributed by atoms with Gasteiger partial charge >= 0.3 is 6.18 Å². The van der Waals surface area contributed by atoms with Crippen molar-refractivity contribution < 1.29 is 27.9 Å². The van der Waals surface area contributed by atoms with Gasteiger partial charge in [0.1, 0.15) is 16.9 Å². The van der Waals surface area contributed by atoms with E-state index in [0.29, 0.717) is 65.4 Å². The Morgan fingerprint density at radius 1 is 0.971 bits per heavy atom. The SMILES string of the molecule is C=CC(=O)Nc1cc(Nc2nc(-c3ccnc(N4CCn5c(cc6c5CC(C)(C)C6)C4=O)c3CO)cn(C)c2=O)ccc1N1CCN(C2CCN(c3ccc(C(C)(C)C(F)(F)F)nc3)[C@H](C)C2)C[C@@H]1C. The van der Waals surface area contributed by atoms with Crippen LogP contribution in [0.3, 0.4) is 0 Å². The Morgan fingerprint density at radius 2 is 1.76 bits per heavy atom. The molecule has 0 bridgehead atoms. The maximum atomic E-state index is 14.1. The largest absolute Gasteiger partial charge is 0.399 e.